The van der Waals surface area contributed by atoms with Crippen LogP contribution in [0.2, 0.25) is 5.02 Å². The number of aromatic hydroxyl groups is 1. The quantitative estimate of drug-likeness (QED) is 0.739. The van der Waals surface area contributed by atoms with E-state index < -0.39 is 5.60 Å². The van der Waals surface area contributed by atoms with Crippen LogP contribution in [0.15, 0.2) is 12.1 Å². The monoisotopic (exact) mass is 243 g/mol. The highest BCUT2D eigenvalue weighted by Crippen LogP contribution is 2.35. The van der Waals surface area contributed by atoms with Crippen molar-refractivity contribution in [2.24, 2.45) is 0 Å². The predicted molar refractivity (Wildman–Crippen MR) is 61.2 cm³/mol. The van der Waals surface area contributed by atoms with Crippen LogP contribution in [0.1, 0.15) is 5.56 Å². The van der Waals surface area contributed by atoms with Crippen LogP contribution >= 0.6 is 11.6 Å². The van der Waals surface area contributed by atoms with E-state index in [-0.39, 0.29) is 5.75 Å². The number of halogens is 1. The van der Waals surface area contributed by atoms with E-state index in [0.717, 1.165) is 0 Å². The fraction of sp³-hybridized carbons (Fsp3) is 0.455. The molecule has 0 amide bonds. The molecule has 0 spiro atoms. The van der Waals surface area contributed by atoms with Crippen molar-refractivity contribution >= 4 is 11.6 Å². The molecule has 0 radical (unpaired) electrons. The van der Waals surface area contributed by atoms with Gasteiger partial charge in [0.25, 0.3) is 0 Å². The summed E-state index contributed by atoms with van der Waals surface area (Å²) in [4.78, 5) is 0. The van der Waals surface area contributed by atoms with E-state index in [9.17, 15) is 10.2 Å². The van der Waals surface area contributed by atoms with Crippen LogP contribution in [0, 0.1) is 0 Å². The summed E-state index contributed by atoms with van der Waals surface area (Å²) in [6.07, 6.45) is 0.364. The molecule has 0 bridgehead atoms. The fourth-order valence-electron chi connectivity index (χ4n) is 1.81. The maximum Gasteiger partial charge on any atom is 0.162 e. The van der Waals surface area contributed by atoms with Gasteiger partial charge in [0.05, 0.1) is 12.7 Å². The average Bonchev–Trinajstić information content (AvgIpc) is 2.20. The van der Waals surface area contributed by atoms with E-state index in [1.54, 1.807) is 12.1 Å². The number of hydrogen-bond acceptors (Lipinski definition) is 4. The second-order valence-corrected chi connectivity index (χ2v) is 4.56. The van der Waals surface area contributed by atoms with Gasteiger partial charge >= 0.3 is 0 Å². The van der Waals surface area contributed by atoms with E-state index in [0.29, 0.717) is 35.8 Å². The molecule has 1 aromatic rings. The number of nitrogens with one attached hydrogen (secondary N) is 1. The molecule has 0 saturated carbocycles. The Balaban J connectivity index is 2.29. The first-order valence-corrected chi connectivity index (χ1v) is 5.40. The van der Waals surface area contributed by atoms with Crippen molar-refractivity contribution in [3.63, 3.8) is 0 Å². The van der Waals surface area contributed by atoms with Gasteiger partial charge in [-0.05, 0) is 6.07 Å². The third kappa shape index (κ3) is 2.09. The van der Waals surface area contributed by atoms with Crippen LogP contribution in [-0.4, -0.2) is 36.0 Å². The summed E-state index contributed by atoms with van der Waals surface area (Å²) in [5.41, 5.74) is -0.180. The number of ether oxygens (including phenoxy) is 1. The molecular formula is C11H14ClNO3. The van der Waals surface area contributed by atoms with Crippen molar-refractivity contribution in [2.75, 3.05) is 20.2 Å². The summed E-state index contributed by atoms with van der Waals surface area (Å²) < 4.78 is 5.00. The van der Waals surface area contributed by atoms with E-state index in [4.69, 9.17) is 16.3 Å². The Hall–Kier alpha value is -0.970. The van der Waals surface area contributed by atoms with Crippen LogP contribution in [0.4, 0.5) is 0 Å². The molecule has 16 heavy (non-hydrogen) atoms. The van der Waals surface area contributed by atoms with Crippen molar-refractivity contribution in [2.45, 2.75) is 12.0 Å². The second kappa shape index (κ2) is 4.13. The minimum atomic E-state index is -0.785. The zero-order valence-electron chi connectivity index (χ0n) is 8.96. The van der Waals surface area contributed by atoms with Crippen molar-refractivity contribution in [1.82, 2.24) is 5.32 Å². The SMILES string of the molecule is COc1cc(Cl)cc(CC2(O)CNC2)c1O. The molecule has 5 heteroatoms. The highest BCUT2D eigenvalue weighted by molar-refractivity contribution is 6.30. The van der Waals surface area contributed by atoms with Crippen molar-refractivity contribution in [1.29, 1.82) is 0 Å². The number of benzene rings is 1. The van der Waals surface area contributed by atoms with Crippen LogP contribution in [0.25, 0.3) is 0 Å². The molecule has 1 aliphatic rings. The molecule has 1 heterocycles. The van der Waals surface area contributed by atoms with Crippen molar-refractivity contribution in [3.8, 4) is 11.5 Å². The van der Waals surface area contributed by atoms with Gasteiger partial charge in [-0.25, -0.2) is 0 Å². The number of β-amino-alcohol motifs (C(OH)–C–C–N with tert-alkyl or cyclic N) is 1. The zero-order valence-corrected chi connectivity index (χ0v) is 9.71. The van der Waals surface area contributed by atoms with Crippen molar-refractivity contribution in [3.05, 3.63) is 22.7 Å². The third-order valence-electron chi connectivity index (χ3n) is 2.77. The maximum absolute atomic E-state index is 9.98. The van der Waals surface area contributed by atoms with Gasteiger partial charge in [-0.15, -0.1) is 0 Å². The molecule has 1 aromatic carbocycles. The number of rotatable bonds is 3. The van der Waals surface area contributed by atoms with Gasteiger partial charge in [-0.3, -0.25) is 0 Å². The molecule has 0 aromatic heterocycles. The lowest BCUT2D eigenvalue weighted by atomic mass is 9.89. The molecule has 2 rings (SSSR count). The summed E-state index contributed by atoms with van der Waals surface area (Å²) in [7, 11) is 1.47. The molecule has 1 fully saturated rings. The standard InChI is InChI=1S/C11H14ClNO3/c1-16-9-3-8(12)2-7(10(9)14)4-11(15)5-13-6-11/h2-3,13-15H,4-6H2,1H3. The fourth-order valence-corrected chi connectivity index (χ4v) is 2.04. The number of hydrogen-bond donors (Lipinski definition) is 3. The molecule has 1 aliphatic heterocycles. The summed E-state index contributed by atoms with van der Waals surface area (Å²) in [5, 5.41) is 23.3. The molecular weight excluding hydrogens is 230 g/mol. The van der Waals surface area contributed by atoms with Gasteiger partial charge < -0.3 is 20.3 Å². The van der Waals surface area contributed by atoms with E-state index in [1.807, 2.05) is 0 Å². The van der Waals surface area contributed by atoms with Gasteiger partial charge in [0.15, 0.2) is 11.5 Å². The average molecular weight is 244 g/mol. The molecule has 0 aliphatic carbocycles. The first-order chi connectivity index (χ1) is 7.54. The lowest BCUT2D eigenvalue weighted by Gasteiger charge is -2.37. The molecule has 0 atom stereocenters. The Morgan fingerprint density at radius 1 is 1.50 bits per heavy atom. The Bertz CT molecular complexity index is 404. The summed E-state index contributed by atoms with van der Waals surface area (Å²) in [5.74, 6) is 0.380. The summed E-state index contributed by atoms with van der Waals surface area (Å²) in [6, 6.07) is 3.19. The van der Waals surface area contributed by atoms with Gasteiger partial charge in [-0.1, -0.05) is 11.6 Å². The lowest BCUT2D eigenvalue weighted by molar-refractivity contribution is -0.00948. The normalized spacial score (nSPS) is 17.9. The Morgan fingerprint density at radius 3 is 2.69 bits per heavy atom. The smallest absolute Gasteiger partial charge is 0.162 e. The number of phenolic OH excluding ortho intramolecular Hbond substituents is 1. The van der Waals surface area contributed by atoms with Crippen LogP contribution < -0.4 is 10.1 Å². The van der Waals surface area contributed by atoms with Gasteiger partial charge in [-0.2, -0.15) is 0 Å². The lowest BCUT2D eigenvalue weighted by Crippen LogP contribution is -2.60. The first-order valence-electron chi connectivity index (χ1n) is 5.02. The van der Waals surface area contributed by atoms with Crippen LogP contribution in [0.3, 0.4) is 0 Å². The predicted octanol–water partition coefficient (Wildman–Crippen LogP) is 0.931. The molecule has 0 unspecified atom stereocenters. The highest BCUT2D eigenvalue weighted by atomic mass is 35.5. The molecule has 1 saturated heterocycles. The number of aliphatic hydroxyl groups is 1. The van der Waals surface area contributed by atoms with Gasteiger partial charge in [0.2, 0.25) is 0 Å². The zero-order chi connectivity index (χ0) is 11.8. The van der Waals surface area contributed by atoms with Crippen molar-refractivity contribution < 1.29 is 14.9 Å². The molecule has 3 N–H and O–H groups in total. The molecule has 88 valence electrons. The third-order valence-corrected chi connectivity index (χ3v) is 2.98. The Labute approximate surface area is 98.8 Å². The topological polar surface area (TPSA) is 61.7 Å². The van der Waals surface area contributed by atoms with E-state index >= 15 is 0 Å². The van der Waals surface area contributed by atoms with E-state index in [2.05, 4.69) is 5.32 Å². The summed E-state index contributed by atoms with van der Waals surface area (Å²) in [6.45, 7) is 1.06. The van der Waals surface area contributed by atoms with Gasteiger partial charge in [0, 0.05) is 36.2 Å². The largest absolute Gasteiger partial charge is 0.504 e. The molecule has 4 nitrogen and oxygen atoms in total. The minimum Gasteiger partial charge on any atom is -0.504 e. The minimum absolute atomic E-state index is 0.0484. The van der Waals surface area contributed by atoms with E-state index in [1.165, 1.54) is 7.11 Å². The maximum atomic E-state index is 9.98. The number of methoxy groups -OCH3 is 1. The first kappa shape index (κ1) is 11.5. The Kier molecular flexibility index (Phi) is 2.97. The second-order valence-electron chi connectivity index (χ2n) is 4.12. The summed E-state index contributed by atoms with van der Waals surface area (Å²) >= 11 is 5.90. The van der Waals surface area contributed by atoms with Gasteiger partial charge in [0.1, 0.15) is 0 Å². The van der Waals surface area contributed by atoms with Crippen LogP contribution in [0.5, 0.6) is 11.5 Å². The highest BCUT2D eigenvalue weighted by Gasteiger charge is 2.35. The number of phenols is 1. The van der Waals surface area contributed by atoms with Crippen LogP contribution in [-0.2, 0) is 6.42 Å². The Morgan fingerprint density at radius 2 is 2.19 bits per heavy atom.